The zero-order chi connectivity index (χ0) is 19.1. The highest BCUT2D eigenvalue weighted by molar-refractivity contribution is 7.17. The van der Waals surface area contributed by atoms with Gasteiger partial charge in [-0.3, -0.25) is 4.79 Å². The fourth-order valence-corrected chi connectivity index (χ4v) is 3.43. The van der Waals surface area contributed by atoms with Gasteiger partial charge in [0.1, 0.15) is 4.83 Å². The molecule has 0 saturated carbocycles. The van der Waals surface area contributed by atoms with E-state index in [0.29, 0.717) is 17.0 Å². The molecule has 5 nitrogen and oxygen atoms in total. The molecule has 0 unspecified atom stereocenters. The maximum absolute atomic E-state index is 12.5. The zero-order valence-corrected chi connectivity index (χ0v) is 16.6. The predicted octanol–water partition coefficient (Wildman–Crippen LogP) is 5.10. The molecule has 26 heavy (non-hydrogen) atoms. The number of fused-ring (bicyclic) bond motifs is 1. The molecule has 1 N–H and O–H groups in total. The summed E-state index contributed by atoms with van der Waals surface area (Å²) in [5.41, 5.74) is 1.80. The van der Waals surface area contributed by atoms with Gasteiger partial charge in [0.05, 0.1) is 5.39 Å². The van der Waals surface area contributed by atoms with Gasteiger partial charge in [0.15, 0.2) is 11.6 Å². The molecule has 4 aromatic rings. The number of hydrogen-bond donors (Lipinski definition) is 1. The molecular formula is C20H24N4OS. The first-order valence-electron chi connectivity index (χ1n) is 8.78. The summed E-state index contributed by atoms with van der Waals surface area (Å²) in [6.07, 6.45) is 3.51. The number of nitrogens with zero attached hydrogens (tertiary/aromatic N) is 3. The Bertz CT molecular complexity index is 1020. The zero-order valence-electron chi connectivity index (χ0n) is 15.8. The van der Waals surface area contributed by atoms with Crippen LogP contribution >= 0.6 is 11.3 Å². The molecule has 0 bridgehead atoms. The van der Waals surface area contributed by atoms with E-state index in [4.69, 9.17) is 0 Å². The van der Waals surface area contributed by atoms with Crippen molar-refractivity contribution in [1.82, 2.24) is 19.5 Å². The van der Waals surface area contributed by atoms with Crippen LogP contribution in [0.3, 0.4) is 0 Å². The van der Waals surface area contributed by atoms with Crippen molar-refractivity contribution in [3.63, 3.8) is 0 Å². The molecule has 0 aliphatic carbocycles. The van der Waals surface area contributed by atoms with E-state index in [-0.39, 0.29) is 5.56 Å². The number of thiophene rings is 1. The summed E-state index contributed by atoms with van der Waals surface area (Å²) in [6, 6.07) is 9.87. The number of benzene rings is 1. The van der Waals surface area contributed by atoms with E-state index in [1.807, 2.05) is 81.2 Å². The van der Waals surface area contributed by atoms with E-state index in [0.717, 1.165) is 16.0 Å². The third-order valence-corrected chi connectivity index (χ3v) is 4.43. The van der Waals surface area contributed by atoms with Crippen LogP contribution in [-0.2, 0) is 7.05 Å². The van der Waals surface area contributed by atoms with E-state index >= 15 is 0 Å². The van der Waals surface area contributed by atoms with Crippen LogP contribution in [0.25, 0.3) is 33.0 Å². The van der Waals surface area contributed by atoms with Gasteiger partial charge < -0.3 is 9.55 Å². The number of aromatic amines is 1. The Balaban J connectivity index is 0.000000570. The Kier molecular flexibility index (Phi) is 6.86. The third kappa shape index (κ3) is 3.75. The van der Waals surface area contributed by atoms with Gasteiger partial charge in [0, 0.05) is 30.4 Å². The minimum atomic E-state index is -0.136. The van der Waals surface area contributed by atoms with E-state index in [1.165, 1.54) is 11.3 Å². The van der Waals surface area contributed by atoms with Crippen molar-refractivity contribution < 1.29 is 0 Å². The topological polar surface area (TPSA) is 63.6 Å². The molecule has 136 valence electrons. The van der Waals surface area contributed by atoms with Crippen LogP contribution in [0.1, 0.15) is 27.7 Å². The smallest absolute Gasteiger partial charge is 0.260 e. The Morgan fingerprint density at radius 1 is 1.08 bits per heavy atom. The van der Waals surface area contributed by atoms with E-state index in [9.17, 15) is 4.79 Å². The van der Waals surface area contributed by atoms with Gasteiger partial charge in [0.2, 0.25) is 0 Å². The van der Waals surface area contributed by atoms with Gasteiger partial charge in [-0.25, -0.2) is 9.97 Å². The summed E-state index contributed by atoms with van der Waals surface area (Å²) in [4.78, 5) is 24.9. The summed E-state index contributed by atoms with van der Waals surface area (Å²) in [7, 11) is 1.87. The molecule has 3 aromatic heterocycles. The van der Waals surface area contributed by atoms with E-state index in [1.54, 1.807) is 6.20 Å². The molecule has 1 aromatic carbocycles. The lowest BCUT2D eigenvalue weighted by Crippen LogP contribution is -2.10. The fourth-order valence-electron chi connectivity index (χ4n) is 2.48. The molecule has 6 heteroatoms. The van der Waals surface area contributed by atoms with Crippen molar-refractivity contribution in [2.24, 2.45) is 7.05 Å². The van der Waals surface area contributed by atoms with Gasteiger partial charge in [-0.1, -0.05) is 58.0 Å². The number of aryl methyl sites for hydroxylation is 1. The van der Waals surface area contributed by atoms with Gasteiger partial charge in [-0.2, -0.15) is 0 Å². The minimum Gasteiger partial charge on any atom is -0.331 e. The summed E-state index contributed by atoms with van der Waals surface area (Å²) < 4.78 is 1.83. The second kappa shape index (κ2) is 9.10. The lowest BCUT2D eigenvalue weighted by Gasteiger charge is -2.02. The first-order valence-corrected chi connectivity index (χ1v) is 9.66. The normalized spacial score (nSPS) is 9.88. The summed E-state index contributed by atoms with van der Waals surface area (Å²) in [5, 5.41) is 2.61. The molecule has 0 aliphatic rings. The molecule has 0 saturated heterocycles. The minimum absolute atomic E-state index is 0.136. The van der Waals surface area contributed by atoms with Crippen LogP contribution in [0, 0.1) is 0 Å². The fraction of sp³-hybridized carbons (Fsp3) is 0.250. The van der Waals surface area contributed by atoms with Crippen molar-refractivity contribution in [1.29, 1.82) is 0 Å². The molecule has 0 spiro atoms. The quantitative estimate of drug-likeness (QED) is 0.535. The largest absolute Gasteiger partial charge is 0.331 e. The van der Waals surface area contributed by atoms with Crippen LogP contribution in [-0.4, -0.2) is 19.5 Å². The molecule has 0 radical (unpaired) electrons. The van der Waals surface area contributed by atoms with Crippen molar-refractivity contribution in [3.8, 4) is 22.8 Å². The highest BCUT2D eigenvalue weighted by atomic mass is 32.1. The molecule has 4 rings (SSSR count). The van der Waals surface area contributed by atoms with Gasteiger partial charge in [0.25, 0.3) is 5.56 Å². The van der Waals surface area contributed by atoms with Gasteiger partial charge >= 0.3 is 0 Å². The van der Waals surface area contributed by atoms with Crippen LogP contribution in [0.15, 0.2) is 52.9 Å². The number of aromatic nitrogens is 4. The number of nitrogens with one attached hydrogen (secondary N) is 1. The highest BCUT2D eigenvalue weighted by Crippen LogP contribution is 2.31. The summed E-state index contributed by atoms with van der Waals surface area (Å²) in [6.45, 7) is 8.00. The second-order valence-electron chi connectivity index (χ2n) is 4.97. The van der Waals surface area contributed by atoms with E-state index < -0.39 is 0 Å². The van der Waals surface area contributed by atoms with Gasteiger partial charge in [-0.15, -0.1) is 11.3 Å². The second-order valence-corrected chi connectivity index (χ2v) is 5.83. The molecule has 0 amide bonds. The Morgan fingerprint density at radius 3 is 2.38 bits per heavy atom. The number of imidazole rings is 1. The highest BCUT2D eigenvalue weighted by Gasteiger charge is 2.15. The van der Waals surface area contributed by atoms with Crippen LogP contribution in [0.4, 0.5) is 0 Å². The lowest BCUT2D eigenvalue weighted by molar-refractivity contribution is 0.907. The van der Waals surface area contributed by atoms with Crippen LogP contribution in [0.2, 0.25) is 0 Å². The van der Waals surface area contributed by atoms with Crippen molar-refractivity contribution >= 4 is 21.6 Å². The lowest BCUT2D eigenvalue weighted by atomic mass is 10.1. The Labute approximate surface area is 157 Å². The molecule has 3 heterocycles. The maximum atomic E-state index is 12.5. The van der Waals surface area contributed by atoms with Crippen molar-refractivity contribution in [3.05, 3.63) is 58.5 Å². The third-order valence-electron chi connectivity index (χ3n) is 3.56. The maximum Gasteiger partial charge on any atom is 0.260 e. The number of H-pyrrole nitrogens is 1. The SMILES string of the molecule is CC.CC.Cn1ccnc1-c1nc2scc(-c3ccccc3)c2c(=O)[nH]1. The molecule has 0 aliphatic heterocycles. The molecule has 0 atom stereocenters. The average Bonchev–Trinajstić information content (AvgIpc) is 3.32. The number of rotatable bonds is 2. The number of hydrogen-bond acceptors (Lipinski definition) is 4. The first kappa shape index (κ1) is 19.6. The Morgan fingerprint density at radius 2 is 1.77 bits per heavy atom. The van der Waals surface area contributed by atoms with Crippen LogP contribution in [0.5, 0.6) is 0 Å². The van der Waals surface area contributed by atoms with Crippen molar-refractivity contribution in [2.75, 3.05) is 0 Å². The average molecular weight is 369 g/mol. The van der Waals surface area contributed by atoms with Crippen molar-refractivity contribution in [2.45, 2.75) is 27.7 Å². The molecular weight excluding hydrogens is 344 g/mol. The summed E-state index contributed by atoms with van der Waals surface area (Å²) in [5.74, 6) is 1.14. The first-order chi connectivity index (χ1) is 12.7. The monoisotopic (exact) mass is 368 g/mol. The van der Waals surface area contributed by atoms with Gasteiger partial charge in [-0.05, 0) is 5.56 Å². The standard InChI is InChI=1S/C16H12N4OS.2C2H6/c1-20-8-7-17-14(20)13-18-15(21)12-11(9-22-16(12)19-13)10-5-3-2-4-6-10;2*1-2/h2-9H,1H3,(H,18,19,21);2*1-2H3. The van der Waals surface area contributed by atoms with E-state index in [2.05, 4.69) is 15.0 Å². The molecule has 0 fully saturated rings. The predicted molar refractivity (Wildman–Crippen MR) is 111 cm³/mol. The van der Waals surface area contributed by atoms with Crippen LogP contribution < -0.4 is 5.56 Å². The Hall–Kier alpha value is -2.73. The summed E-state index contributed by atoms with van der Waals surface area (Å²) >= 11 is 1.47.